The van der Waals surface area contributed by atoms with E-state index in [4.69, 9.17) is 21.8 Å². The number of hydrogen-bond acceptors (Lipinski definition) is 3. The molecule has 0 saturated heterocycles. The molecular formula is C13H14ClNO2. The predicted octanol–water partition coefficient (Wildman–Crippen LogP) is 3.40. The number of Topliss-reactive ketones (excluding diaryl/α,β-unsaturated/α-hetero) is 1. The molecule has 2 N–H and O–H groups in total. The summed E-state index contributed by atoms with van der Waals surface area (Å²) in [5.74, 6) is 0.323. The number of carbonyl (C=O) groups is 1. The number of benzene rings is 1. The highest BCUT2D eigenvalue weighted by molar-refractivity contribution is 6.34. The monoisotopic (exact) mass is 251 g/mol. The van der Waals surface area contributed by atoms with Gasteiger partial charge in [-0.25, -0.2) is 0 Å². The minimum absolute atomic E-state index is 0.0203. The minimum atomic E-state index is -0.0328. The first kappa shape index (κ1) is 12.1. The van der Waals surface area contributed by atoms with Crippen LogP contribution in [0, 0.1) is 0 Å². The maximum Gasteiger partial charge on any atom is 0.198 e. The van der Waals surface area contributed by atoms with E-state index in [-0.39, 0.29) is 11.8 Å². The molecule has 3 nitrogen and oxygen atoms in total. The summed E-state index contributed by atoms with van der Waals surface area (Å²) in [5.41, 5.74) is 6.18. The molecule has 17 heavy (non-hydrogen) atoms. The smallest absolute Gasteiger partial charge is 0.198 e. The number of nitrogens with two attached hydrogens (primary N) is 1. The Balaban J connectivity index is 2.24. The average molecular weight is 252 g/mol. The molecule has 0 spiro atoms. The summed E-state index contributed by atoms with van der Waals surface area (Å²) in [6.45, 7) is 1.88. The van der Waals surface area contributed by atoms with E-state index < -0.39 is 0 Å². The van der Waals surface area contributed by atoms with Crippen LogP contribution in [0.25, 0.3) is 11.0 Å². The number of halogens is 1. The second kappa shape index (κ2) is 4.90. The number of para-hydroxylation sites is 1. The van der Waals surface area contributed by atoms with Gasteiger partial charge < -0.3 is 10.2 Å². The van der Waals surface area contributed by atoms with E-state index in [1.165, 1.54) is 0 Å². The Bertz CT molecular complexity index is 545. The molecule has 90 valence electrons. The molecule has 4 heteroatoms. The SMILES string of the molecule is CC(N)CCC(=O)c1cc2cccc(Cl)c2o1. The highest BCUT2D eigenvalue weighted by Gasteiger charge is 2.14. The number of ketones is 1. The Hall–Kier alpha value is -1.32. The molecular weight excluding hydrogens is 238 g/mol. The van der Waals surface area contributed by atoms with Gasteiger partial charge in [-0.3, -0.25) is 4.79 Å². The molecule has 0 aliphatic rings. The lowest BCUT2D eigenvalue weighted by atomic mass is 10.1. The molecule has 1 aromatic heterocycles. The lowest BCUT2D eigenvalue weighted by Crippen LogP contribution is -2.16. The zero-order valence-corrected chi connectivity index (χ0v) is 10.3. The van der Waals surface area contributed by atoms with Crippen molar-refractivity contribution in [1.29, 1.82) is 0 Å². The first-order chi connectivity index (χ1) is 8.08. The summed E-state index contributed by atoms with van der Waals surface area (Å²) in [7, 11) is 0. The topological polar surface area (TPSA) is 56.2 Å². The van der Waals surface area contributed by atoms with Gasteiger partial charge in [-0.1, -0.05) is 23.7 Å². The second-order valence-electron chi connectivity index (χ2n) is 4.21. The Morgan fingerprint density at radius 2 is 2.29 bits per heavy atom. The Morgan fingerprint density at radius 3 is 2.94 bits per heavy atom. The zero-order chi connectivity index (χ0) is 12.4. The van der Waals surface area contributed by atoms with Crippen molar-refractivity contribution in [3.8, 4) is 0 Å². The summed E-state index contributed by atoms with van der Waals surface area (Å²) in [4.78, 5) is 11.8. The van der Waals surface area contributed by atoms with Gasteiger partial charge in [-0.15, -0.1) is 0 Å². The number of fused-ring (bicyclic) bond motifs is 1. The summed E-state index contributed by atoms with van der Waals surface area (Å²) < 4.78 is 5.47. The van der Waals surface area contributed by atoms with Crippen LogP contribution in [0.5, 0.6) is 0 Å². The maximum atomic E-state index is 11.8. The van der Waals surface area contributed by atoms with Crippen molar-refractivity contribution in [2.75, 3.05) is 0 Å². The van der Waals surface area contributed by atoms with Gasteiger partial charge in [0.05, 0.1) is 5.02 Å². The van der Waals surface area contributed by atoms with Crippen LogP contribution in [-0.2, 0) is 0 Å². The fraction of sp³-hybridized carbons (Fsp3) is 0.308. The van der Waals surface area contributed by atoms with Crippen LogP contribution in [0.2, 0.25) is 5.02 Å². The van der Waals surface area contributed by atoms with Crippen molar-refractivity contribution >= 4 is 28.4 Å². The molecule has 0 fully saturated rings. The summed E-state index contributed by atoms with van der Waals surface area (Å²) in [6.07, 6.45) is 1.05. The van der Waals surface area contributed by atoms with Crippen LogP contribution in [-0.4, -0.2) is 11.8 Å². The molecule has 1 unspecified atom stereocenters. The van der Waals surface area contributed by atoms with Crippen LogP contribution >= 0.6 is 11.6 Å². The molecule has 1 heterocycles. The van der Waals surface area contributed by atoms with Crippen LogP contribution in [0.1, 0.15) is 30.3 Å². The van der Waals surface area contributed by atoms with Gasteiger partial charge in [0.15, 0.2) is 17.1 Å². The third-order valence-corrected chi connectivity index (χ3v) is 2.90. The standard InChI is InChI=1S/C13H14ClNO2/c1-8(15)5-6-11(16)12-7-9-3-2-4-10(14)13(9)17-12/h2-4,7-8H,5-6,15H2,1H3. The number of hydrogen-bond donors (Lipinski definition) is 1. The van der Waals surface area contributed by atoms with Gasteiger partial charge >= 0.3 is 0 Å². The lowest BCUT2D eigenvalue weighted by Gasteiger charge is -2.01. The van der Waals surface area contributed by atoms with Gasteiger partial charge in [-0.05, 0) is 25.5 Å². The van der Waals surface area contributed by atoms with Crippen molar-refractivity contribution in [3.05, 3.63) is 35.0 Å². The maximum absolute atomic E-state index is 11.8. The van der Waals surface area contributed by atoms with Crippen molar-refractivity contribution in [1.82, 2.24) is 0 Å². The second-order valence-corrected chi connectivity index (χ2v) is 4.62. The fourth-order valence-corrected chi connectivity index (χ4v) is 1.87. The average Bonchev–Trinajstić information content (AvgIpc) is 2.71. The van der Waals surface area contributed by atoms with Gasteiger partial charge in [0.2, 0.25) is 0 Å². The Kier molecular flexibility index (Phi) is 3.50. The van der Waals surface area contributed by atoms with E-state index in [1.54, 1.807) is 12.1 Å². The zero-order valence-electron chi connectivity index (χ0n) is 9.57. The first-order valence-corrected chi connectivity index (χ1v) is 5.92. The van der Waals surface area contributed by atoms with Crippen molar-refractivity contribution in [2.24, 2.45) is 5.73 Å². The molecule has 0 aliphatic carbocycles. The van der Waals surface area contributed by atoms with Crippen LogP contribution in [0.3, 0.4) is 0 Å². The number of carbonyl (C=O) groups excluding carboxylic acids is 1. The highest BCUT2D eigenvalue weighted by atomic mass is 35.5. The molecule has 2 aromatic rings. The molecule has 0 amide bonds. The number of furan rings is 1. The van der Waals surface area contributed by atoms with E-state index in [0.29, 0.717) is 29.2 Å². The van der Waals surface area contributed by atoms with E-state index in [9.17, 15) is 4.79 Å². The summed E-state index contributed by atoms with van der Waals surface area (Å²) in [5, 5.41) is 1.37. The molecule has 1 atom stereocenters. The van der Waals surface area contributed by atoms with Crippen LogP contribution in [0.15, 0.2) is 28.7 Å². The molecule has 0 radical (unpaired) electrons. The minimum Gasteiger partial charge on any atom is -0.451 e. The molecule has 0 aliphatic heterocycles. The Labute approximate surface area is 105 Å². The fourth-order valence-electron chi connectivity index (χ4n) is 1.65. The van der Waals surface area contributed by atoms with Crippen molar-refractivity contribution in [3.63, 3.8) is 0 Å². The van der Waals surface area contributed by atoms with Crippen molar-refractivity contribution in [2.45, 2.75) is 25.8 Å². The molecule has 0 saturated carbocycles. The van der Waals surface area contributed by atoms with Crippen LogP contribution in [0.4, 0.5) is 0 Å². The van der Waals surface area contributed by atoms with Crippen LogP contribution < -0.4 is 5.73 Å². The van der Waals surface area contributed by atoms with E-state index in [2.05, 4.69) is 0 Å². The highest BCUT2D eigenvalue weighted by Crippen LogP contribution is 2.27. The number of rotatable bonds is 4. The molecule has 2 rings (SSSR count). The van der Waals surface area contributed by atoms with E-state index in [0.717, 1.165) is 5.39 Å². The normalized spacial score (nSPS) is 12.9. The van der Waals surface area contributed by atoms with Gasteiger partial charge in [0.1, 0.15) is 0 Å². The predicted molar refractivity (Wildman–Crippen MR) is 68.4 cm³/mol. The first-order valence-electron chi connectivity index (χ1n) is 5.55. The largest absolute Gasteiger partial charge is 0.451 e. The van der Waals surface area contributed by atoms with Gasteiger partial charge in [0.25, 0.3) is 0 Å². The summed E-state index contributed by atoms with van der Waals surface area (Å²) in [6, 6.07) is 7.18. The van der Waals surface area contributed by atoms with E-state index in [1.807, 2.05) is 19.1 Å². The third-order valence-electron chi connectivity index (χ3n) is 2.60. The molecule has 0 bridgehead atoms. The van der Waals surface area contributed by atoms with Gasteiger partial charge in [-0.2, -0.15) is 0 Å². The van der Waals surface area contributed by atoms with Gasteiger partial charge in [0, 0.05) is 17.8 Å². The lowest BCUT2D eigenvalue weighted by molar-refractivity contribution is 0.0953. The third kappa shape index (κ3) is 2.68. The van der Waals surface area contributed by atoms with Crippen molar-refractivity contribution < 1.29 is 9.21 Å². The van der Waals surface area contributed by atoms with E-state index >= 15 is 0 Å². The molecule has 1 aromatic carbocycles. The quantitative estimate of drug-likeness (QED) is 0.848. The Morgan fingerprint density at radius 1 is 1.53 bits per heavy atom. The summed E-state index contributed by atoms with van der Waals surface area (Å²) >= 11 is 5.98.